The number of nitrogens with one attached hydrogen (secondary N) is 1. The summed E-state index contributed by atoms with van der Waals surface area (Å²) < 4.78 is 0.916. The zero-order valence-corrected chi connectivity index (χ0v) is 12.5. The highest BCUT2D eigenvalue weighted by atomic mass is 127. The molecular weight excluding hydrogens is 359 g/mol. The van der Waals surface area contributed by atoms with Gasteiger partial charge in [0, 0.05) is 3.57 Å². The van der Waals surface area contributed by atoms with Gasteiger partial charge in [0.25, 0.3) is 0 Å². The molecule has 0 radical (unpaired) electrons. The third kappa shape index (κ3) is 2.78. The fourth-order valence-corrected chi connectivity index (χ4v) is 2.55. The summed E-state index contributed by atoms with van der Waals surface area (Å²) in [6.07, 6.45) is 1.15. The zero-order valence-electron chi connectivity index (χ0n) is 10.4. The lowest BCUT2D eigenvalue weighted by Gasteiger charge is -2.30. The molecule has 19 heavy (non-hydrogen) atoms. The molecule has 1 aromatic rings. The maximum atomic E-state index is 12.3. The largest absolute Gasteiger partial charge is 0.335 e. The molecule has 2 rings (SSSR count). The molecule has 0 bridgehead atoms. The average Bonchev–Trinajstić information content (AvgIpc) is 2.34. The first kappa shape index (κ1) is 14.0. The van der Waals surface area contributed by atoms with Crippen molar-refractivity contribution in [2.75, 3.05) is 4.90 Å². The summed E-state index contributed by atoms with van der Waals surface area (Å²) in [5.74, 6) is -1.73. The summed E-state index contributed by atoms with van der Waals surface area (Å²) in [5, 5.41) is 2.24. The van der Waals surface area contributed by atoms with E-state index in [1.807, 2.05) is 13.0 Å². The minimum absolute atomic E-state index is 0.443. The van der Waals surface area contributed by atoms with Crippen LogP contribution in [0.2, 0.25) is 0 Å². The highest BCUT2D eigenvalue weighted by Crippen LogP contribution is 2.24. The van der Waals surface area contributed by atoms with Gasteiger partial charge in [0.2, 0.25) is 11.8 Å². The summed E-state index contributed by atoms with van der Waals surface area (Å²) >= 11 is 2.11. The Morgan fingerprint density at radius 2 is 2.05 bits per heavy atom. The molecule has 1 atom stereocenters. The maximum absolute atomic E-state index is 12.3. The molecular formula is C13H13IN2O3. The van der Waals surface area contributed by atoms with Crippen molar-refractivity contribution in [3.63, 3.8) is 0 Å². The summed E-state index contributed by atoms with van der Waals surface area (Å²) in [6.45, 7) is 1.90. The molecule has 1 saturated heterocycles. The van der Waals surface area contributed by atoms with Crippen molar-refractivity contribution < 1.29 is 14.4 Å². The van der Waals surface area contributed by atoms with E-state index >= 15 is 0 Å². The fourth-order valence-electron chi connectivity index (χ4n) is 2.02. The first-order chi connectivity index (χ1) is 9.04. The van der Waals surface area contributed by atoms with Gasteiger partial charge in [-0.2, -0.15) is 0 Å². The van der Waals surface area contributed by atoms with Gasteiger partial charge in [-0.3, -0.25) is 14.9 Å². The van der Waals surface area contributed by atoms with Crippen LogP contribution < -0.4 is 10.2 Å². The van der Waals surface area contributed by atoms with Crippen LogP contribution in [0.3, 0.4) is 0 Å². The van der Waals surface area contributed by atoms with Gasteiger partial charge in [-0.1, -0.05) is 19.4 Å². The number of carbonyl (C=O) groups excluding carboxylic acids is 3. The molecule has 1 heterocycles. The number of nitrogens with zero attached hydrogens (tertiary/aromatic N) is 1. The van der Waals surface area contributed by atoms with E-state index in [2.05, 4.69) is 27.9 Å². The molecule has 1 aromatic carbocycles. The van der Waals surface area contributed by atoms with E-state index in [1.54, 1.807) is 18.2 Å². The van der Waals surface area contributed by atoms with Gasteiger partial charge >= 0.3 is 6.03 Å². The van der Waals surface area contributed by atoms with Crippen LogP contribution >= 0.6 is 22.6 Å². The van der Waals surface area contributed by atoms with Crippen LogP contribution in [0.5, 0.6) is 0 Å². The number of imide groups is 2. The monoisotopic (exact) mass is 372 g/mol. The van der Waals surface area contributed by atoms with Gasteiger partial charge in [-0.25, -0.2) is 9.69 Å². The number of barbiturate groups is 1. The van der Waals surface area contributed by atoms with Crippen LogP contribution in [-0.2, 0) is 9.59 Å². The fraction of sp³-hybridized carbons (Fsp3) is 0.308. The van der Waals surface area contributed by atoms with Crippen molar-refractivity contribution in [3.8, 4) is 0 Å². The number of rotatable bonds is 3. The summed E-state index contributed by atoms with van der Waals surface area (Å²) in [7, 11) is 0. The van der Waals surface area contributed by atoms with Gasteiger partial charge in [-0.05, 0) is 47.2 Å². The van der Waals surface area contributed by atoms with E-state index in [0.29, 0.717) is 18.5 Å². The molecule has 0 spiro atoms. The van der Waals surface area contributed by atoms with Crippen molar-refractivity contribution in [1.29, 1.82) is 0 Å². The molecule has 0 aromatic heterocycles. The standard InChI is InChI=1S/C13H13IN2O3/c1-2-4-10-11(17)15-13(19)16(12(10)18)9-6-3-5-8(14)7-9/h3,5-7,10H,2,4H2,1H3,(H,15,17,19). The van der Waals surface area contributed by atoms with Crippen LogP contribution in [0.15, 0.2) is 24.3 Å². The van der Waals surface area contributed by atoms with Crippen LogP contribution in [0.4, 0.5) is 10.5 Å². The van der Waals surface area contributed by atoms with Crippen LogP contribution in [0.1, 0.15) is 19.8 Å². The zero-order chi connectivity index (χ0) is 14.0. The average molecular weight is 372 g/mol. The van der Waals surface area contributed by atoms with Crippen LogP contribution in [0, 0.1) is 9.49 Å². The van der Waals surface area contributed by atoms with Gasteiger partial charge < -0.3 is 0 Å². The number of hydrogen-bond donors (Lipinski definition) is 1. The number of carbonyl (C=O) groups is 3. The highest BCUT2D eigenvalue weighted by molar-refractivity contribution is 14.1. The molecule has 1 N–H and O–H groups in total. The van der Waals surface area contributed by atoms with E-state index in [1.165, 1.54) is 0 Å². The summed E-state index contributed by atoms with van der Waals surface area (Å²) in [6, 6.07) is 6.37. The number of benzene rings is 1. The van der Waals surface area contributed by atoms with Crippen molar-refractivity contribution in [2.45, 2.75) is 19.8 Å². The summed E-state index contributed by atoms with van der Waals surface area (Å²) in [5.41, 5.74) is 0.489. The second-order valence-corrected chi connectivity index (χ2v) is 5.53. The Kier molecular flexibility index (Phi) is 4.18. The molecule has 1 fully saturated rings. The minimum Gasteiger partial charge on any atom is -0.277 e. The second kappa shape index (κ2) is 5.68. The van der Waals surface area contributed by atoms with Crippen LogP contribution in [-0.4, -0.2) is 17.8 Å². The van der Waals surface area contributed by atoms with Crippen molar-refractivity contribution in [1.82, 2.24) is 5.32 Å². The van der Waals surface area contributed by atoms with E-state index in [-0.39, 0.29) is 0 Å². The van der Waals surface area contributed by atoms with Gasteiger partial charge in [-0.15, -0.1) is 0 Å². The minimum atomic E-state index is -0.777. The Bertz CT molecular complexity index is 544. The van der Waals surface area contributed by atoms with Gasteiger partial charge in [0.15, 0.2) is 0 Å². The third-order valence-corrected chi connectivity index (χ3v) is 3.58. The molecule has 100 valence electrons. The Labute approximate surface area is 124 Å². The quantitative estimate of drug-likeness (QED) is 0.654. The summed E-state index contributed by atoms with van der Waals surface area (Å²) in [4.78, 5) is 36.9. The number of urea groups is 1. The first-order valence-corrected chi connectivity index (χ1v) is 7.06. The highest BCUT2D eigenvalue weighted by Gasteiger charge is 2.40. The predicted octanol–water partition coefficient (Wildman–Crippen LogP) is 2.29. The van der Waals surface area contributed by atoms with Gasteiger partial charge in [0.05, 0.1) is 5.69 Å². The van der Waals surface area contributed by atoms with Gasteiger partial charge in [0.1, 0.15) is 5.92 Å². The second-order valence-electron chi connectivity index (χ2n) is 4.29. The number of anilines is 1. The predicted molar refractivity (Wildman–Crippen MR) is 78.6 cm³/mol. The van der Waals surface area contributed by atoms with E-state index < -0.39 is 23.8 Å². The Morgan fingerprint density at radius 1 is 1.32 bits per heavy atom. The van der Waals surface area contributed by atoms with E-state index in [0.717, 1.165) is 8.47 Å². The topological polar surface area (TPSA) is 66.5 Å². The molecule has 1 aliphatic heterocycles. The molecule has 0 aliphatic carbocycles. The lowest BCUT2D eigenvalue weighted by molar-refractivity contribution is -0.134. The normalized spacial score (nSPS) is 19.6. The smallest absolute Gasteiger partial charge is 0.277 e. The third-order valence-electron chi connectivity index (χ3n) is 2.91. The molecule has 1 unspecified atom stereocenters. The van der Waals surface area contributed by atoms with E-state index in [4.69, 9.17) is 0 Å². The van der Waals surface area contributed by atoms with Crippen molar-refractivity contribution >= 4 is 46.1 Å². The maximum Gasteiger partial charge on any atom is 0.335 e. The Morgan fingerprint density at radius 3 is 2.68 bits per heavy atom. The Balaban J connectivity index is 2.36. The van der Waals surface area contributed by atoms with Crippen molar-refractivity contribution in [2.24, 2.45) is 5.92 Å². The molecule has 1 aliphatic rings. The Hall–Kier alpha value is -1.44. The number of halogens is 1. The van der Waals surface area contributed by atoms with E-state index in [9.17, 15) is 14.4 Å². The van der Waals surface area contributed by atoms with Crippen LogP contribution in [0.25, 0.3) is 0 Å². The molecule has 6 heteroatoms. The lowest BCUT2D eigenvalue weighted by atomic mass is 9.99. The number of hydrogen-bond acceptors (Lipinski definition) is 3. The SMILES string of the molecule is CCCC1C(=O)NC(=O)N(c2cccc(I)c2)C1=O. The first-order valence-electron chi connectivity index (χ1n) is 5.99. The molecule has 5 nitrogen and oxygen atoms in total. The molecule has 0 saturated carbocycles. The number of amides is 4. The molecule has 4 amide bonds. The lowest BCUT2D eigenvalue weighted by Crippen LogP contribution is -2.58. The van der Waals surface area contributed by atoms with Crippen molar-refractivity contribution in [3.05, 3.63) is 27.8 Å².